The summed E-state index contributed by atoms with van der Waals surface area (Å²) in [6.07, 6.45) is 0.400. The van der Waals surface area contributed by atoms with Gasteiger partial charge in [0.2, 0.25) is 0 Å². The summed E-state index contributed by atoms with van der Waals surface area (Å²) in [5.74, 6) is -0.213. The van der Waals surface area contributed by atoms with Crippen LogP contribution in [0.4, 0.5) is 0 Å². The summed E-state index contributed by atoms with van der Waals surface area (Å²) in [5.41, 5.74) is 8.57. The number of nitrogens with two attached hydrogens (primary N) is 1. The molecule has 1 unspecified atom stereocenters. The first-order chi connectivity index (χ1) is 8.38. The van der Waals surface area contributed by atoms with Gasteiger partial charge in [-0.05, 0) is 31.9 Å². The highest BCUT2D eigenvalue weighted by Gasteiger charge is 2.18. The van der Waals surface area contributed by atoms with E-state index in [2.05, 4.69) is 0 Å². The van der Waals surface area contributed by atoms with E-state index in [9.17, 15) is 4.79 Å². The predicted molar refractivity (Wildman–Crippen MR) is 71.3 cm³/mol. The van der Waals surface area contributed by atoms with Gasteiger partial charge in [-0.3, -0.25) is 4.79 Å². The third-order valence-electron chi connectivity index (χ3n) is 2.92. The average molecular weight is 272 g/mol. The second kappa shape index (κ2) is 6.07. The number of rotatable bonds is 5. The summed E-state index contributed by atoms with van der Waals surface area (Å²) in [6, 6.07) is 1.49. The number of hydrogen-bond donors (Lipinski definition) is 2. The Hall–Kier alpha value is -1.26. The van der Waals surface area contributed by atoms with Crippen molar-refractivity contribution in [3.8, 4) is 5.75 Å². The Bertz CT molecular complexity index is 460. The Balaban J connectivity index is 3.11. The molecule has 1 aromatic rings. The number of carboxylic acid groups (broad SMARTS) is 1. The molecule has 4 nitrogen and oxygen atoms in total. The number of ether oxygens (including phenoxy) is 1. The fourth-order valence-corrected chi connectivity index (χ4v) is 2.10. The third kappa shape index (κ3) is 3.15. The number of carboxylic acids is 1. The molecule has 0 saturated heterocycles. The second-order valence-corrected chi connectivity index (χ2v) is 4.67. The van der Waals surface area contributed by atoms with Crippen LogP contribution < -0.4 is 10.5 Å². The molecule has 1 atom stereocenters. The molecule has 0 spiro atoms. The SMILES string of the molecule is COc1c(C(N)CCC(=O)O)cc(C)c(Cl)c1C. The Morgan fingerprint density at radius 2 is 2.17 bits per heavy atom. The topological polar surface area (TPSA) is 72.5 Å². The minimum absolute atomic E-state index is 0.0328. The standard InChI is InChI=1S/C13H18ClNO3/c1-7-6-9(10(15)4-5-11(16)17)13(18-3)8(2)12(7)14/h6,10H,4-5,15H2,1-3H3,(H,16,17). The molecule has 0 aliphatic rings. The number of methoxy groups -OCH3 is 1. The molecule has 1 rings (SSSR count). The maximum absolute atomic E-state index is 10.6. The highest BCUT2D eigenvalue weighted by molar-refractivity contribution is 6.32. The number of carbonyl (C=O) groups is 1. The lowest BCUT2D eigenvalue weighted by Gasteiger charge is -2.19. The molecule has 0 aliphatic carbocycles. The highest BCUT2D eigenvalue weighted by atomic mass is 35.5. The van der Waals surface area contributed by atoms with Crippen molar-refractivity contribution in [2.24, 2.45) is 5.73 Å². The average Bonchev–Trinajstić information content (AvgIpc) is 2.32. The zero-order chi connectivity index (χ0) is 13.9. The number of aliphatic carboxylic acids is 1. The van der Waals surface area contributed by atoms with Crippen molar-refractivity contribution in [3.05, 3.63) is 27.8 Å². The Morgan fingerprint density at radius 3 is 2.67 bits per heavy atom. The molecule has 3 N–H and O–H groups in total. The summed E-state index contributed by atoms with van der Waals surface area (Å²) < 4.78 is 5.33. The van der Waals surface area contributed by atoms with Crippen LogP contribution >= 0.6 is 11.6 Å². The fourth-order valence-electron chi connectivity index (χ4n) is 1.95. The lowest BCUT2D eigenvalue weighted by molar-refractivity contribution is -0.137. The minimum atomic E-state index is -0.855. The maximum Gasteiger partial charge on any atom is 0.303 e. The number of aryl methyl sites for hydroxylation is 1. The monoisotopic (exact) mass is 271 g/mol. The first-order valence-corrected chi connectivity index (χ1v) is 6.07. The van der Waals surface area contributed by atoms with Gasteiger partial charge in [-0.15, -0.1) is 0 Å². The van der Waals surface area contributed by atoms with Crippen molar-refractivity contribution in [2.75, 3.05) is 7.11 Å². The van der Waals surface area contributed by atoms with Crippen LogP contribution in [0, 0.1) is 13.8 Å². The van der Waals surface area contributed by atoms with Crippen molar-refractivity contribution in [3.63, 3.8) is 0 Å². The predicted octanol–water partition coefficient (Wildman–Crippen LogP) is 2.83. The lowest BCUT2D eigenvalue weighted by Crippen LogP contribution is -2.14. The molecule has 0 aliphatic heterocycles. The van der Waals surface area contributed by atoms with Crippen LogP contribution in [-0.4, -0.2) is 18.2 Å². The second-order valence-electron chi connectivity index (χ2n) is 4.29. The molecular formula is C13H18ClNO3. The van der Waals surface area contributed by atoms with Crippen LogP contribution in [0.3, 0.4) is 0 Å². The summed E-state index contributed by atoms with van der Waals surface area (Å²) in [7, 11) is 1.56. The van der Waals surface area contributed by atoms with Crippen LogP contribution in [0.15, 0.2) is 6.07 Å². The third-order valence-corrected chi connectivity index (χ3v) is 3.50. The molecule has 0 aromatic heterocycles. The quantitative estimate of drug-likeness (QED) is 0.864. The van der Waals surface area contributed by atoms with Crippen molar-refractivity contribution in [1.29, 1.82) is 0 Å². The smallest absolute Gasteiger partial charge is 0.303 e. The van der Waals surface area contributed by atoms with Crippen LogP contribution in [0.1, 0.15) is 35.6 Å². The Morgan fingerprint density at radius 1 is 1.56 bits per heavy atom. The van der Waals surface area contributed by atoms with Crippen molar-refractivity contribution in [1.82, 2.24) is 0 Å². The summed E-state index contributed by atoms with van der Waals surface area (Å²) in [4.78, 5) is 10.6. The molecule has 18 heavy (non-hydrogen) atoms. The summed E-state index contributed by atoms with van der Waals surface area (Å²) >= 11 is 6.15. The van der Waals surface area contributed by atoms with Gasteiger partial charge in [0.05, 0.1) is 12.1 Å². The van der Waals surface area contributed by atoms with E-state index >= 15 is 0 Å². The molecule has 100 valence electrons. The fraction of sp³-hybridized carbons (Fsp3) is 0.462. The summed E-state index contributed by atoms with van der Waals surface area (Å²) in [5, 5.41) is 9.33. The molecule has 1 aromatic carbocycles. The minimum Gasteiger partial charge on any atom is -0.496 e. The Kier molecular flexibility index (Phi) is 4.99. The van der Waals surface area contributed by atoms with Gasteiger partial charge in [-0.25, -0.2) is 0 Å². The van der Waals surface area contributed by atoms with Crippen LogP contribution in [0.5, 0.6) is 5.75 Å². The van der Waals surface area contributed by atoms with E-state index in [1.807, 2.05) is 19.9 Å². The zero-order valence-corrected chi connectivity index (χ0v) is 11.5. The van der Waals surface area contributed by atoms with Gasteiger partial charge >= 0.3 is 5.97 Å². The highest BCUT2D eigenvalue weighted by Crippen LogP contribution is 2.36. The molecule has 0 bridgehead atoms. The van der Waals surface area contributed by atoms with Crippen LogP contribution in [0.25, 0.3) is 0 Å². The Labute approximate surface area is 112 Å². The maximum atomic E-state index is 10.6. The zero-order valence-electron chi connectivity index (χ0n) is 10.8. The van der Waals surface area contributed by atoms with E-state index in [1.54, 1.807) is 7.11 Å². The molecule has 0 saturated carbocycles. The van der Waals surface area contributed by atoms with Gasteiger partial charge in [-0.2, -0.15) is 0 Å². The summed E-state index contributed by atoms with van der Waals surface area (Å²) in [6.45, 7) is 3.75. The van der Waals surface area contributed by atoms with Gasteiger partial charge in [0.25, 0.3) is 0 Å². The van der Waals surface area contributed by atoms with Gasteiger partial charge in [-0.1, -0.05) is 11.6 Å². The number of benzene rings is 1. The van der Waals surface area contributed by atoms with Gasteiger partial charge in [0, 0.05) is 23.6 Å². The van der Waals surface area contributed by atoms with Crippen molar-refractivity contribution in [2.45, 2.75) is 32.7 Å². The van der Waals surface area contributed by atoms with E-state index in [4.69, 9.17) is 27.2 Å². The molecule has 0 heterocycles. The molecule has 0 amide bonds. The number of hydrogen-bond acceptors (Lipinski definition) is 3. The molecule has 0 radical (unpaired) electrons. The van der Waals surface area contributed by atoms with Crippen molar-refractivity contribution < 1.29 is 14.6 Å². The molecular weight excluding hydrogens is 254 g/mol. The van der Waals surface area contributed by atoms with E-state index in [1.165, 1.54) is 0 Å². The van der Waals surface area contributed by atoms with E-state index in [-0.39, 0.29) is 12.5 Å². The van der Waals surface area contributed by atoms with Gasteiger partial charge < -0.3 is 15.6 Å². The first kappa shape index (κ1) is 14.8. The van der Waals surface area contributed by atoms with Gasteiger partial charge in [0.1, 0.15) is 5.75 Å². The van der Waals surface area contributed by atoms with E-state index < -0.39 is 5.97 Å². The first-order valence-electron chi connectivity index (χ1n) is 5.69. The normalized spacial score (nSPS) is 12.3. The van der Waals surface area contributed by atoms with E-state index in [0.717, 1.165) is 16.7 Å². The van der Waals surface area contributed by atoms with Crippen molar-refractivity contribution >= 4 is 17.6 Å². The number of halogens is 1. The largest absolute Gasteiger partial charge is 0.496 e. The van der Waals surface area contributed by atoms with E-state index in [0.29, 0.717) is 17.2 Å². The molecule has 5 heteroatoms. The van der Waals surface area contributed by atoms with Crippen LogP contribution in [0.2, 0.25) is 5.02 Å². The lowest BCUT2D eigenvalue weighted by atomic mass is 9.97. The van der Waals surface area contributed by atoms with Crippen LogP contribution in [-0.2, 0) is 4.79 Å². The van der Waals surface area contributed by atoms with Gasteiger partial charge in [0.15, 0.2) is 0 Å². The molecule has 0 fully saturated rings.